The van der Waals surface area contributed by atoms with Gasteiger partial charge in [-0.2, -0.15) is 0 Å². The van der Waals surface area contributed by atoms with Crippen LogP contribution < -0.4 is 9.47 Å². The number of nitro benzene ring substituents is 1. The van der Waals surface area contributed by atoms with Crippen molar-refractivity contribution in [3.05, 3.63) is 63.7 Å². The van der Waals surface area contributed by atoms with E-state index in [2.05, 4.69) is 0 Å². The molecule has 0 amide bonds. The van der Waals surface area contributed by atoms with Crippen LogP contribution in [0.1, 0.15) is 17.0 Å². The van der Waals surface area contributed by atoms with Crippen LogP contribution in [0.2, 0.25) is 0 Å². The minimum absolute atomic E-state index is 0.0466. The smallest absolute Gasteiger partial charge is 0.317 e. The van der Waals surface area contributed by atoms with E-state index in [1.54, 1.807) is 18.2 Å². The van der Waals surface area contributed by atoms with Gasteiger partial charge in [-0.1, -0.05) is 18.2 Å². The first-order chi connectivity index (χ1) is 11.5. The highest BCUT2D eigenvalue weighted by Gasteiger charge is 2.25. The summed E-state index contributed by atoms with van der Waals surface area (Å²) in [5.74, 6) is -0.189. The van der Waals surface area contributed by atoms with Crippen molar-refractivity contribution in [3.63, 3.8) is 0 Å². The molecular formula is C17H17NO6. The van der Waals surface area contributed by atoms with Crippen molar-refractivity contribution in [1.82, 2.24) is 0 Å². The van der Waals surface area contributed by atoms with Crippen molar-refractivity contribution in [3.8, 4) is 11.5 Å². The van der Waals surface area contributed by atoms with Crippen LogP contribution >= 0.6 is 0 Å². The first kappa shape index (κ1) is 17.3. The number of nitrogens with zero attached hydrogens (tertiary/aromatic N) is 1. The van der Waals surface area contributed by atoms with Crippen LogP contribution in [0.5, 0.6) is 11.5 Å². The lowest BCUT2D eigenvalue weighted by molar-refractivity contribution is -0.384. The van der Waals surface area contributed by atoms with Gasteiger partial charge in [-0.05, 0) is 23.3 Å². The molecule has 0 aliphatic rings. The lowest BCUT2D eigenvalue weighted by Gasteiger charge is -2.17. The quantitative estimate of drug-likeness (QED) is 0.459. The monoisotopic (exact) mass is 331 g/mol. The lowest BCUT2D eigenvalue weighted by atomic mass is 9.91. The number of carbonyl (C=O) groups is 1. The number of hydrogen-bond acceptors (Lipinski definition) is 6. The normalized spacial score (nSPS) is 11.5. The maximum Gasteiger partial charge on any atom is 0.317 e. The highest BCUT2D eigenvalue weighted by atomic mass is 16.6. The number of benzene rings is 2. The molecule has 1 atom stereocenters. The Hall–Kier alpha value is -3.09. The number of methoxy groups -OCH3 is 3. The van der Waals surface area contributed by atoms with E-state index in [4.69, 9.17) is 14.2 Å². The van der Waals surface area contributed by atoms with Gasteiger partial charge in [-0.15, -0.1) is 0 Å². The second-order valence-electron chi connectivity index (χ2n) is 4.92. The molecule has 0 unspecified atom stereocenters. The topological polar surface area (TPSA) is 87.9 Å². The fourth-order valence-corrected chi connectivity index (χ4v) is 2.40. The Kier molecular flexibility index (Phi) is 5.36. The summed E-state index contributed by atoms with van der Waals surface area (Å²) in [4.78, 5) is 22.5. The van der Waals surface area contributed by atoms with Crippen LogP contribution in [0.15, 0.2) is 42.5 Å². The van der Waals surface area contributed by atoms with E-state index < -0.39 is 16.8 Å². The average Bonchev–Trinajstić information content (AvgIpc) is 2.61. The van der Waals surface area contributed by atoms with Crippen molar-refractivity contribution >= 4 is 11.7 Å². The first-order valence-corrected chi connectivity index (χ1v) is 7.06. The van der Waals surface area contributed by atoms with E-state index in [1.807, 2.05) is 0 Å². The summed E-state index contributed by atoms with van der Waals surface area (Å²) < 4.78 is 15.3. The second kappa shape index (κ2) is 7.45. The number of nitro groups is 1. The summed E-state index contributed by atoms with van der Waals surface area (Å²) in [6, 6.07) is 10.9. The van der Waals surface area contributed by atoms with Gasteiger partial charge < -0.3 is 14.2 Å². The Balaban J connectivity index is 2.49. The summed E-state index contributed by atoms with van der Waals surface area (Å²) in [5, 5.41) is 10.8. The van der Waals surface area contributed by atoms with Crippen LogP contribution in [0.25, 0.3) is 0 Å². The largest absolute Gasteiger partial charge is 0.493 e. The summed E-state index contributed by atoms with van der Waals surface area (Å²) in [7, 11) is 4.31. The summed E-state index contributed by atoms with van der Waals surface area (Å²) in [6.45, 7) is 0. The molecule has 24 heavy (non-hydrogen) atoms. The van der Waals surface area contributed by atoms with E-state index >= 15 is 0 Å². The molecule has 2 aromatic rings. The molecule has 0 spiro atoms. The SMILES string of the molecule is COC(=O)[C@H](c1ccc([N+](=O)[O-])cc1)c1ccc(OC)c(OC)c1. The van der Waals surface area contributed by atoms with Gasteiger partial charge in [0.2, 0.25) is 0 Å². The average molecular weight is 331 g/mol. The van der Waals surface area contributed by atoms with Gasteiger partial charge in [0.05, 0.1) is 26.3 Å². The summed E-state index contributed by atoms with van der Waals surface area (Å²) in [5.41, 5.74) is 1.17. The van der Waals surface area contributed by atoms with Crippen LogP contribution in [-0.4, -0.2) is 32.2 Å². The predicted octanol–water partition coefficient (Wildman–Crippen LogP) is 2.92. The van der Waals surface area contributed by atoms with E-state index in [-0.39, 0.29) is 5.69 Å². The Bertz CT molecular complexity index is 741. The molecule has 0 aliphatic heterocycles. The first-order valence-electron chi connectivity index (χ1n) is 7.06. The zero-order valence-corrected chi connectivity index (χ0v) is 13.5. The fraction of sp³-hybridized carbons (Fsp3) is 0.235. The van der Waals surface area contributed by atoms with Crippen molar-refractivity contribution in [2.24, 2.45) is 0 Å². The molecule has 0 radical (unpaired) electrons. The Morgan fingerprint density at radius 1 is 0.958 bits per heavy atom. The van der Waals surface area contributed by atoms with Crippen molar-refractivity contribution in [2.45, 2.75) is 5.92 Å². The third-order valence-corrected chi connectivity index (χ3v) is 3.62. The zero-order valence-electron chi connectivity index (χ0n) is 13.5. The Morgan fingerprint density at radius 3 is 2.04 bits per heavy atom. The molecule has 0 saturated heterocycles. The number of hydrogen-bond donors (Lipinski definition) is 0. The van der Waals surface area contributed by atoms with E-state index in [1.165, 1.54) is 45.6 Å². The number of esters is 1. The van der Waals surface area contributed by atoms with Gasteiger partial charge in [0, 0.05) is 12.1 Å². The second-order valence-corrected chi connectivity index (χ2v) is 4.92. The maximum atomic E-state index is 12.3. The van der Waals surface area contributed by atoms with Gasteiger partial charge in [-0.25, -0.2) is 0 Å². The van der Waals surface area contributed by atoms with Gasteiger partial charge in [0.25, 0.3) is 5.69 Å². The molecule has 7 nitrogen and oxygen atoms in total. The molecule has 2 rings (SSSR count). The van der Waals surface area contributed by atoms with Crippen molar-refractivity contribution < 1.29 is 23.9 Å². The zero-order chi connectivity index (χ0) is 17.7. The number of carbonyl (C=O) groups excluding carboxylic acids is 1. The van der Waals surface area contributed by atoms with Gasteiger partial charge in [0.15, 0.2) is 11.5 Å². The maximum absolute atomic E-state index is 12.3. The molecule has 0 aliphatic carbocycles. The molecule has 7 heteroatoms. The number of ether oxygens (including phenoxy) is 3. The molecule has 0 fully saturated rings. The van der Waals surface area contributed by atoms with Gasteiger partial charge >= 0.3 is 5.97 Å². The summed E-state index contributed by atoms with van der Waals surface area (Å²) >= 11 is 0. The van der Waals surface area contributed by atoms with Crippen LogP contribution in [0.3, 0.4) is 0 Å². The third kappa shape index (κ3) is 3.45. The minimum atomic E-state index is -0.726. The van der Waals surface area contributed by atoms with E-state index in [0.717, 1.165) is 0 Å². The van der Waals surface area contributed by atoms with Gasteiger partial charge in [-0.3, -0.25) is 14.9 Å². The fourth-order valence-electron chi connectivity index (χ4n) is 2.40. The van der Waals surface area contributed by atoms with Gasteiger partial charge in [0.1, 0.15) is 5.92 Å². The molecule has 0 heterocycles. The van der Waals surface area contributed by atoms with Crippen LogP contribution in [-0.2, 0) is 9.53 Å². The summed E-state index contributed by atoms with van der Waals surface area (Å²) in [6.07, 6.45) is 0. The molecular weight excluding hydrogens is 314 g/mol. The van der Waals surface area contributed by atoms with Crippen LogP contribution in [0.4, 0.5) is 5.69 Å². The molecule has 0 aromatic heterocycles. The third-order valence-electron chi connectivity index (χ3n) is 3.62. The minimum Gasteiger partial charge on any atom is -0.493 e. The van der Waals surface area contributed by atoms with E-state index in [0.29, 0.717) is 22.6 Å². The Labute approximate surface area is 138 Å². The van der Waals surface area contributed by atoms with E-state index in [9.17, 15) is 14.9 Å². The highest BCUT2D eigenvalue weighted by molar-refractivity contribution is 5.82. The van der Waals surface area contributed by atoms with Crippen molar-refractivity contribution in [2.75, 3.05) is 21.3 Å². The Morgan fingerprint density at radius 2 is 1.54 bits per heavy atom. The van der Waals surface area contributed by atoms with Crippen LogP contribution in [0, 0.1) is 10.1 Å². The molecule has 126 valence electrons. The standard InChI is InChI=1S/C17H17NO6/c1-22-14-9-6-12(10-15(14)23-2)16(17(19)24-3)11-4-7-13(8-5-11)18(20)21/h4-10,16H,1-3H3/t16-/m1/s1. The molecule has 2 aromatic carbocycles. The lowest BCUT2D eigenvalue weighted by Crippen LogP contribution is -2.16. The predicted molar refractivity (Wildman–Crippen MR) is 86.5 cm³/mol. The van der Waals surface area contributed by atoms with Crippen molar-refractivity contribution in [1.29, 1.82) is 0 Å². The molecule has 0 N–H and O–H groups in total. The molecule has 0 saturated carbocycles. The molecule has 0 bridgehead atoms. The highest BCUT2D eigenvalue weighted by Crippen LogP contribution is 2.34. The number of non-ortho nitro benzene ring substituents is 1. The number of rotatable bonds is 6.